The van der Waals surface area contributed by atoms with Gasteiger partial charge in [0.25, 0.3) is 0 Å². The first-order valence-electron chi connectivity index (χ1n) is 8.65. The van der Waals surface area contributed by atoms with Crippen LogP contribution in [0.3, 0.4) is 0 Å². The zero-order valence-corrected chi connectivity index (χ0v) is 15.1. The molecule has 0 spiro atoms. The van der Waals surface area contributed by atoms with Gasteiger partial charge in [0.05, 0.1) is 22.9 Å². The number of alkyl halides is 3. The highest BCUT2D eigenvalue weighted by molar-refractivity contribution is 7.13. The zero-order valence-electron chi connectivity index (χ0n) is 14.3. The van der Waals surface area contributed by atoms with Crippen LogP contribution in [-0.4, -0.2) is 38.1 Å². The molecule has 0 atom stereocenters. The van der Waals surface area contributed by atoms with Crippen molar-refractivity contribution in [3.8, 4) is 0 Å². The second kappa shape index (κ2) is 6.95. The summed E-state index contributed by atoms with van der Waals surface area (Å²) in [7, 11) is 0. The first-order chi connectivity index (χ1) is 12.9. The summed E-state index contributed by atoms with van der Waals surface area (Å²) < 4.78 is 44.9. The molecular formula is C18H17F3N4OS. The predicted molar refractivity (Wildman–Crippen MR) is 95.4 cm³/mol. The third kappa shape index (κ3) is 3.69. The van der Waals surface area contributed by atoms with Crippen molar-refractivity contribution >= 4 is 27.5 Å². The molecule has 3 heterocycles. The van der Waals surface area contributed by atoms with Crippen molar-refractivity contribution in [1.29, 1.82) is 0 Å². The van der Waals surface area contributed by atoms with E-state index in [0.717, 1.165) is 21.8 Å². The number of rotatable bonds is 3. The minimum atomic E-state index is -4.43. The van der Waals surface area contributed by atoms with Crippen LogP contribution < -0.4 is 0 Å². The SMILES string of the molecule is O=C(Cc1nsc2ccccc12)N1CCC(n2ccc(C(F)(F)F)n2)CC1. The van der Waals surface area contributed by atoms with Gasteiger partial charge in [-0.3, -0.25) is 9.48 Å². The van der Waals surface area contributed by atoms with Gasteiger partial charge in [-0.2, -0.15) is 22.6 Å². The van der Waals surface area contributed by atoms with Crippen LogP contribution in [0.25, 0.3) is 10.1 Å². The molecule has 4 rings (SSSR count). The number of hydrogen-bond donors (Lipinski definition) is 0. The quantitative estimate of drug-likeness (QED) is 0.677. The Labute approximate surface area is 157 Å². The number of likely N-dealkylation sites (tertiary alicyclic amines) is 1. The fraction of sp³-hybridized carbons (Fsp3) is 0.389. The molecule has 0 unspecified atom stereocenters. The third-order valence-corrected chi connectivity index (χ3v) is 5.73. The van der Waals surface area contributed by atoms with Gasteiger partial charge in [0, 0.05) is 24.7 Å². The third-order valence-electron chi connectivity index (χ3n) is 4.86. The molecule has 1 aromatic carbocycles. The Kier molecular flexibility index (Phi) is 4.63. The van der Waals surface area contributed by atoms with E-state index in [0.29, 0.717) is 25.9 Å². The van der Waals surface area contributed by atoms with E-state index in [1.807, 2.05) is 24.3 Å². The summed E-state index contributed by atoms with van der Waals surface area (Å²) in [6.07, 6.45) is -1.65. The zero-order chi connectivity index (χ0) is 19.0. The van der Waals surface area contributed by atoms with Gasteiger partial charge >= 0.3 is 6.18 Å². The Morgan fingerprint density at radius 2 is 1.93 bits per heavy atom. The van der Waals surface area contributed by atoms with Gasteiger partial charge in [-0.25, -0.2) is 0 Å². The molecule has 9 heteroatoms. The number of fused-ring (bicyclic) bond motifs is 1. The van der Waals surface area contributed by atoms with Crippen molar-refractivity contribution in [3.63, 3.8) is 0 Å². The van der Waals surface area contributed by atoms with Crippen LogP contribution in [0.5, 0.6) is 0 Å². The summed E-state index contributed by atoms with van der Waals surface area (Å²) in [5, 5.41) is 4.65. The topological polar surface area (TPSA) is 51.0 Å². The van der Waals surface area contributed by atoms with Gasteiger partial charge < -0.3 is 4.90 Å². The van der Waals surface area contributed by atoms with Crippen LogP contribution >= 0.6 is 11.5 Å². The lowest BCUT2D eigenvalue weighted by Gasteiger charge is -2.32. The number of aromatic nitrogens is 3. The Balaban J connectivity index is 1.37. The molecule has 0 saturated carbocycles. The Morgan fingerprint density at radius 1 is 1.19 bits per heavy atom. The van der Waals surface area contributed by atoms with Gasteiger partial charge in [0.15, 0.2) is 5.69 Å². The summed E-state index contributed by atoms with van der Waals surface area (Å²) in [6, 6.07) is 8.68. The largest absolute Gasteiger partial charge is 0.435 e. The highest BCUT2D eigenvalue weighted by Crippen LogP contribution is 2.30. The van der Waals surface area contributed by atoms with E-state index in [1.54, 1.807) is 4.90 Å². The van der Waals surface area contributed by atoms with E-state index in [9.17, 15) is 18.0 Å². The van der Waals surface area contributed by atoms with Crippen molar-refractivity contribution in [2.75, 3.05) is 13.1 Å². The molecule has 1 aliphatic heterocycles. The molecule has 5 nitrogen and oxygen atoms in total. The van der Waals surface area contributed by atoms with Crippen LogP contribution in [0.1, 0.15) is 30.3 Å². The summed E-state index contributed by atoms with van der Waals surface area (Å²) in [5.41, 5.74) is -0.0963. The molecule has 1 aliphatic rings. The summed E-state index contributed by atoms with van der Waals surface area (Å²) >= 11 is 1.38. The Morgan fingerprint density at radius 3 is 2.63 bits per heavy atom. The molecule has 1 amide bonds. The standard InChI is InChI=1S/C18H17F3N4OS/c19-18(20,21)16-7-10-25(22-16)12-5-8-24(9-6-12)17(26)11-14-13-3-1-2-4-15(13)27-23-14/h1-4,7,10,12H,5-6,8-9,11H2. The maximum absolute atomic E-state index is 12.7. The minimum absolute atomic E-state index is 0.000879. The van der Waals surface area contributed by atoms with Crippen molar-refractivity contribution in [1.82, 2.24) is 19.1 Å². The van der Waals surface area contributed by atoms with Gasteiger partial charge in [0.1, 0.15) is 0 Å². The number of piperidine rings is 1. The van der Waals surface area contributed by atoms with E-state index in [-0.39, 0.29) is 18.4 Å². The normalized spacial score (nSPS) is 16.2. The van der Waals surface area contributed by atoms with E-state index in [2.05, 4.69) is 9.47 Å². The van der Waals surface area contributed by atoms with Gasteiger partial charge in [-0.05, 0) is 36.5 Å². The summed E-state index contributed by atoms with van der Waals surface area (Å²) in [6.45, 7) is 1.01. The monoisotopic (exact) mass is 394 g/mol. The first kappa shape index (κ1) is 18.0. The van der Waals surface area contributed by atoms with Crippen LogP contribution in [0.4, 0.5) is 13.2 Å². The van der Waals surface area contributed by atoms with Crippen molar-refractivity contribution in [2.24, 2.45) is 0 Å². The van der Waals surface area contributed by atoms with E-state index < -0.39 is 11.9 Å². The number of carbonyl (C=O) groups excluding carboxylic acids is 1. The van der Waals surface area contributed by atoms with Crippen LogP contribution in [0, 0.1) is 0 Å². The molecule has 2 aromatic heterocycles. The van der Waals surface area contributed by atoms with Crippen LogP contribution in [0.15, 0.2) is 36.5 Å². The lowest BCUT2D eigenvalue weighted by atomic mass is 10.0. The molecule has 0 radical (unpaired) electrons. The molecular weight excluding hydrogens is 377 g/mol. The highest BCUT2D eigenvalue weighted by Gasteiger charge is 2.34. The molecule has 27 heavy (non-hydrogen) atoms. The van der Waals surface area contributed by atoms with Crippen molar-refractivity contribution in [2.45, 2.75) is 31.5 Å². The van der Waals surface area contributed by atoms with Crippen molar-refractivity contribution in [3.05, 3.63) is 47.9 Å². The fourth-order valence-electron chi connectivity index (χ4n) is 3.39. The maximum Gasteiger partial charge on any atom is 0.435 e. The Hall–Kier alpha value is -2.42. The van der Waals surface area contributed by atoms with Gasteiger partial charge in [-0.1, -0.05) is 18.2 Å². The molecule has 1 saturated heterocycles. The molecule has 1 fully saturated rings. The molecule has 0 bridgehead atoms. The number of halogens is 3. The average molecular weight is 394 g/mol. The van der Waals surface area contributed by atoms with Crippen molar-refractivity contribution < 1.29 is 18.0 Å². The molecule has 0 aliphatic carbocycles. The fourth-order valence-corrected chi connectivity index (χ4v) is 4.19. The van der Waals surface area contributed by atoms with Crippen LogP contribution in [-0.2, 0) is 17.4 Å². The Bertz CT molecular complexity index is 957. The summed E-state index contributed by atoms with van der Waals surface area (Å²) in [5.74, 6) is 0.000879. The number of hydrogen-bond acceptors (Lipinski definition) is 4. The van der Waals surface area contributed by atoms with E-state index in [1.165, 1.54) is 22.4 Å². The maximum atomic E-state index is 12.7. The van der Waals surface area contributed by atoms with Gasteiger partial charge in [0.2, 0.25) is 5.91 Å². The highest BCUT2D eigenvalue weighted by atomic mass is 32.1. The van der Waals surface area contributed by atoms with E-state index in [4.69, 9.17) is 0 Å². The second-order valence-electron chi connectivity index (χ2n) is 6.59. The second-order valence-corrected chi connectivity index (χ2v) is 7.40. The number of amides is 1. The lowest BCUT2D eigenvalue weighted by Crippen LogP contribution is -2.40. The number of benzene rings is 1. The minimum Gasteiger partial charge on any atom is -0.342 e. The molecule has 3 aromatic rings. The van der Waals surface area contributed by atoms with Crippen LogP contribution in [0.2, 0.25) is 0 Å². The molecule has 0 N–H and O–H groups in total. The smallest absolute Gasteiger partial charge is 0.342 e. The average Bonchev–Trinajstić information content (AvgIpc) is 3.30. The number of carbonyl (C=O) groups is 1. The van der Waals surface area contributed by atoms with E-state index >= 15 is 0 Å². The summed E-state index contributed by atoms with van der Waals surface area (Å²) in [4.78, 5) is 14.4. The predicted octanol–water partition coefficient (Wildman–Crippen LogP) is 3.92. The first-order valence-corrected chi connectivity index (χ1v) is 9.42. The molecule has 142 valence electrons. The number of nitrogens with zero attached hydrogens (tertiary/aromatic N) is 4. The van der Waals surface area contributed by atoms with Gasteiger partial charge in [-0.15, -0.1) is 0 Å². The lowest BCUT2D eigenvalue weighted by molar-refractivity contribution is -0.141.